The first kappa shape index (κ1) is 15.0. The predicted octanol–water partition coefficient (Wildman–Crippen LogP) is -3.80. The van der Waals surface area contributed by atoms with Crippen LogP contribution in [0.15, 0.2) is 54.3 Å². The Labute approximate surface area is 114 Å². The summed E-state index contributed by atoms with van der Waals surface area (Å²) < 4.78 is 2.71. The van der Waals surface area contributed by atoms with Gasteiger partial charge in [-0.3, -0.25) is 0 Å². The number of nitrogens with one attached hydrogen (secondary N) is 1. The zero-order valence-corrected chi connectivity index (χ0v) is 12.1. The topological polar surface area (TPSA) is 15.8 Å². The maximum atomic E-state index is 4.00. The van der Waals surface area contributed by atoms with Crippen molar-refractivity contribution in [2.75, 3.05) is 0 Å². The minimum absolute atomic E-state index is 0. The van der Waals surface area contributed by atoms with Crippen molar-refractivity contribution in [2.24, 2.45) is 0 Å². The minimum atomic E-state index is -0.429. The van der Waals surface area contributed by atoms with E-state index in [0.29, 0.717) is 0 Å². The second-order valence-corrected chi connectivity index (χ2v) is 6.08. The van der Waals surface area contributed by atoms with Crippen LogP contribution in [0.5, 0.6) is 0 Å². The molecule has 1 aliphatic rings. The first-order chi connectivity index (χ1) is 6.36. The Bertz CT molecular complexity index is 366. The SMILES string of the molecule is C=C1C=CC=C1[CH2][Zr+2][c]1ccc[nH]1.[Cl-].[Cl-]. The second kappa shape index (κ2) is 7.27. The Morgan fingerprint density at radius 3 is 2.67 bits per heavy atom. The van der Waals surface area contributed by atoms with Crippen LogP contribution in [0.4, 0.5) is 0 Å². The summed E-state index contributed by atoms with van der Waals surface area (Å²) in [6, 6.07) is 4.27. The molecule has 0 amide bonds. The Morgan fingerprint density at radius 2 is 2.13 bits per heavy atom. The standard InChI is InChI=1S/C7H7.C4H4N.2ClH.Zr/c1-6-4-3-5-7(6)2;1-2-4-5-3-1;;;/h3-5H,1-2H2;1-3,5H;2*1H;/q;;;;+2/p-2. The molecule has 1 aromatic rings. The molecular weight excluding hydrogens is 308 g/mol. The van der Waals surface area contributed by atoms with Crippen LogP contribution >= 0.6 is 0 Å². The van der Waals surface area contributed by atoms with Crippen LogP contribution in [0.1, 0.15) is 0 Å². The molecule has 0 saturated heterocycles. The Hall–Kier alpha value is -0.0369. The van der Waals surface area contributed by atoms with Gasteiger partial charge in [-0.05, 0) is 0 Å². The molecule has 4 heteroatoms. The molecule has 0 radical (unpaired) electrons. The molecule has 0 aromatic carbocycles. The van der Waals surface area contributed by atoms with Crippen molar-refractivity contribution in [1.82, 2.24) is 4.98 Å². The van der Waals surface area contributed by atoms with Crippen molar-refractivity contribution < 1.29 is 48.0 Å². The third-order valence-electron chi connectivity index (χ3n) is 2.07. The van der Waals surface area contributed by atoms with Gasteiger partial charge in [-0.1, -0.05) is 0 Å². The fourth-order valence-corrected chi connectivity index (χ4v) is 4.06. The van der Waals surface area contributed by atoms with Crippen molar-refractivity contribution in [3.8, 4) is 0 Å². The third-order valence-corrected chi connectivity index (χ3v) is 5.15. The van der Waals surface area contributed by atoms with E-state index in [9.17, 15) is 0 Å². The predicted molar refractivity (Wildman–Crippen MR) is 51.6 cm³/mol. The molecule has 0 aliphatic heterocycles. The Morgan fingerprint density at radius 1 is 1.33 bits per heavy atom. The van der Waals surface area contributed by atoms with Gasteiger partial charge in [0.25, 0.3) is 0 Å². The summed E-state index contributed by atoms with van der Waals surface area (Å²) in [5.41, 5.74) is 2.63. The van der Waals surface area contributed by atoms with Gasteiger partial charge in [-0.2, -0.15) is 0 Å². The first-order valence-electron chi connectivity index (χ1n) is 4.30. The van der Waals surface area contributed by atoms with Crippen LogP contribution in [0.2, 0.25) is 4.13 Å². The molecule has 1 aliphatic carbocycles. The van der Waals surface area contributed by atoms with Crippen LogP contribution in [-0.4, -0.2) is 4.98 Å². The zero-order valence-electron chi connectivity index (χ0n) is 8.13. The molecule has 0 saturated carbocycles. The maximum Gasteiger partial charge on any atom is -1.00 e. The summed E-state index contributed by atoms with van der Waals surface area (Å²) in [4.78, 5) is 3.27. The second-order valence-electron chi connectivity index (χ2n) is 3.01. The van der Waals surface area contributed by atoms with Crippen molar-refractivity contribution in [3.05, 3.63) is 54.3 Å². The van der Waals surface area contributed by atoms with Crippen molar-refractivity contribution >= 4 is 3.40 Å². The average molecular weight is 319 g/mol. The number of halogens is 2. The molecule has 0 unspecified atom stereocenters. The molecular formula is C11H11Cl2NZr. The number of hydrogen-bond donors (Lipinski definition) is 1. The Balaban J connectivity index is 0.000000980. The number of allylic oxidation sites excluding steroid dienone is 5. The molecule has 0 atom stereocenters. The summed E-state index contributed by atoms with van der Waals surface area (Å²) in [6.07, 6.45) is 8.37. The maximum absolute atomic E-state index is 4.00. The van der Waals surface area contributed by atoms with Crippen LogP contribution in [0, 0.1) is 0 Å². The van der Waals surface area contributed by atoms with Gasteiger partial charge in [0, 0.05) is 0 Å². The van der Waals surface area contributed by atoms with Crippen molar-refractivity contribution in [1.29, 1.82) is 0 Å². The fourth-order valence-electron chi connectivity index (χ4n) is 1.30. The summed E-state index contributed by atoms with van der Waals surface area (Å²) in [7, 11) is 0. The molecule has 0 bridgehead atoms. The quantitative estimate of drug-likeness (QED) is 0.588. The summed E-state index contributed by atoms with van der Waals surface area (Å²) in [5, 5.41) is 0. The molecule has 1 nitrogen and oxygen atoms in total. The normalized spacial score (nSPS) is 12.5. The molecule has 2 rings (SSSR count). The van der Waals surface area contributed by atoms with Crippen molar-refractivity contribution in [2.45, 2.75) is 4.13 Å². The van der Waals surface area contributed by atoms with Gasteiger partial charge >= 0.3 is 90.0 Å². The van der Waals surface area contributed by atoms with Gasteiger partial charge in [0.1, 0.15) is 0 Å². The average Bonchev–Trinajstić information content (AvgIpc) is 2.72. The van der Waals surface area contributed by atoms with E-state index in [4.69, 9.17) is 0 Å². The molecule has 1 heterocycles. The number of aromatic amines is 1. The third kappa shape index (κ3) is 4.14. The van der Waals surface area contributed by atoms with E-state index in [2.05, 4.69) is 41.9 Å². The molecule has 0 fully saturated rings. The van der Waals surface area contributed by atoms with E-state index >= 15 is 0 Å². The van der Waals surface area contributed by atoms with Gasteiger partial charge in [-0.25, -0.2) is 0 Å². The van der Waals surface area contributed by atoms with E-state index in [1.165, 1.54) is 18.7 Å². The summed E-state index contributed by atoms with van der Waals surface area (Å²) in [6.45, 7) is 4.00. The van der Waals surface area contributed by atoms with E-state index < -0.39 is 23.2 Å². The van der Waals surface area contributed by atoms with E-state index in [1.807, 2.05) is 6.20 Å². The van der Waals surface area contributed by atoms with Gasteiger partial charge < -0.3 is 24.8 Å². The molecule has 15 heavy (non-hydrogen) atoms. The molecule has 1 aromatic heterocycles. The Kier molecular flexibility index (Phi) is 7.25. The molecule has 78 valence electrons. The van der Waals surface area contributed by atoms with Gasteiger partial charge in [0.05, 0.1) is 0 Å². The van der Waals surface area contributed by atoms with Gasteiger partial charge in [-0.15, -0.1) is 0 Å². The van der Waals surface area contributed by atoms with Crippen molar-refractivity contribution in [3.63, 3.8) is 0 Å². The van der Waals surface area contributed by atoms with Crippen LogP contribution in [-0.2, 0) is 23.2 Å². The van der Waals surface area contributed by atoms with Crippen LogP contribution < -0.4 is 28.2 Å². The minimum Gasteiger partial charge on any atom is -1.00 e. The van der Waals surface area contributed by atoms with E-state index in [-0.39, 0.29) is 24.8 Å². The zero-order chi connectivity index (χ0) is 9.10. The smallest absolute Gasteiger partial charge is 1.00 e. The summed E-state index contributed by atoms with van der Waals surface area (Å²) >= 11 is -0.429. The van der Waals surface area contributed by atoms with Crippen LogP contribution in [0.3, 0.4) is 0 Å². The molecule has 1 N–H and O–H groups in total. The largest absolute Gasteiger partial charge is 1.00 e. The number of aromatic nitrogens is 1. The van der Waals surface area contributed by atoms with Gasteiger partial charge in [0.15, 0.2) is 0 Å². The van der Waals surface area contributed by atoms with E-state index in [0.717, 1.165) is 0 Å². The first-order valence-corrected chi connectivity index (χ1v) is 7.27. The number of rotatable bonds is 3. The monoisotopic (exact) mass is 317 g/mol. The van der Waals surface area contributed by atoms with Gasteiger partial charge in [0.2, 0.25) is 0 Å². The number of H-pyrrole nitrogens is 1. The fraction of sp³-hybridized carbons (Fsp3) is 0.0909. The molecule has 0 spiro atoms. The van der Waals surface area contributed by atoms with Crippen LogP contribution in [0.25, 0.3) is 0 Å². The number of hydrogen-bond acceptors (Lipinski definition) is 0. The van der Waals surface area contributed by atoms with E-state index in [1.54, 1.807) is 0 Å². The summed E-state index contributed by atoms with van der Waals surface area (Å²) in [5.74, 6) is 0.